The SMILES string of the molecule is CCCCCCCCCCCC(=O)OCCC(OCCC(=O)C(=O)O)OC(=O)CCCCCCCCCCC. The monoisotopic (exact) mass is 556 g/mol. The smallest absolute Gasteiger partial charge is 0.372 e. The van der Waals surface area contributed by atoms with Crippen molar-refractivity contribution in [2.24, 2.45) is 0 Å². The molecule has 0 saturated carbocycles. The summed E-state index contributed by atoms with van der Waals surface area (Å²) in [6.45, 7) is 4.26. The van der Waals surface area contributed by atoms with Gasteiger partial charge in [0, 0.05) is 25.7 Å². The van der Waals surface area contributed by atoms with Crippen LogP contribution in [0.1, 0.15) is 155 Å². The van der Waals surface area contributed by atoms with Crippen molar-refractivity contribution in [1.82, 2.24) is 0 Å². The second-order valence-corrected chi connectivity index (χ2v) is 10.4. The minimum Gasteiger partial charge on any atom is -0.475 e. The Balaban J connectivity index is 4.17. The Morgan fingerprint density at radius 2 is 1.00 bits per heavy atom. The number of rotatable bonds is 29. The number of hydrogen-bond donors (Lipinski definition) is 1. The molecule has 0 aromatic carbocycles. The van der Waals surface area contributed by atoms with E-state index in [1.807, 2.05) is 0 Å². The number of carboxylic acids is 1. The highest BCUT2D eigenvalue weighted by atomic mass is 16.7. The van der Waals surface area contributed by atoms with E-state index in [9.17, 15) is 19.2 Å². The number of carbonyl (C=O) groups excluding carboxylic acids is 3. The lowest BCUT2D eigenvalue weighted by atomic mass is 10.1. The second kappa shape index (κ2) is 27.6. The van der Waals surface area contributed by atoms with Crippen LogP contribution in [-0.2, 0) is 33.4 Å². The summed E-state index contributed by atoms with van der Waals surface area (Å²) in [7, 11) is 0. The molecule has 0 aromatic rings. The van der Waals surface area contributed by atoms with Gasteiger partial charge in [-0.15, -0.1) is 0 Å². The molecule has 1 atom stereocenters. The van der Waals surface area contributed by atoms with Crippen molar-refractivity contribution in [2.75, 3.05) is 13.2 Å². The topological polar surface area (TPSA) is 116 Å². The van der Waals surface area contributed by atoms with E-state index >= 15 is 0 Å². The molecular weight excluding hydrogens is 500 g/mol. The van der Waals surface area contributed by atoms with Crippen LogP contribution in [0.5, 0.6) is 0 Å². The van der Waals surface area contributed by atoms with Gasteiger partial charge in [-0.25, -0.2) is 4.79 Å². The van der Waals surface area contributed by atoms with E-state index in [0.717, 1.165) is 38.5 Å². The van der Waals surface area contributed by atoms with Crippen LogP contribution in [0.2, 0.25) is 0 Å². The lowest BCUT2D eigenvalue weighted by Gasteiger charge is -2.18. The van der Waals surface area contributed by atoms with Crippen LogP contribution < -0.4 is 0 Å². The predicted molar refractivity (Wildman–Crippen MR) is 152 cm³/mol. The zero-order valence-corrected chi connectivity index (χ0v) is 24.9. The van der Waals surface area contributed by atoms with E-state index in [0.29, 0.717) is 6.42 Å². The zero-order chi connectivity index (χ0) is 29.0. The van der Waals surface area contributed by atoms with Gasteiger partial charge in [-0.1, -0.05) is 117 Å². The van der Waals surface area contributed by atoms with Crippen molar-refractivity contribution in [1.29, 1.82) is 0 Å². The van der Waals surface area contributed by atoms with Gasteiger partial charge in [0.1, 0.15) is 0 Å². The fraction of sp³-hybridized carbons (Fsp3) is 0.871. The Morgan fingerprint density at radius 3 is 1.46 bits per heavy atom. The largest absolute Gasteiger partial charge is 0.475 e. The molecule has 0 saturated heterocycles. The van der Waals surface area contributed by atoms with Gasteiger partial charge in [0.05, 0.1) is 13.2 Å². The fourth-order valence-corrected chi connectivity index (χ4v) is 4.27. The van der Waals surface area contributed by atoms with Gasteiger partial charge in [0.15, 0.2) is 0 Å². The third-order valence-corrected chi connectivity index (χ3v) is 6.72. The first kappa shape index (κ1) is 37.0. The van der Waals surface area contributed by atoms with Gasteiger partial charge in [-0.05, 0) is 12.8 Å². The summed E-state index contributed by atoms with van der Waals surface area (Å²) in [6.07, 6.45) is 20.2. The Kier molecular flexibility index (Phi) is 26.2. The van der Waals surface area contributed by atoms with E-state index in [1.54, 1.807) is 0 Å². The molecule has 0 fully saturated rings. The molecule has 0 rings (SSSR count). The average Bonchev–Trinajstić information content (AvgIpc) is 2.90. The molecule has 8 heteroatoms. The molecule has 0 aliphatic carbocycles. The standard InChI is InChI=1S/C31H56O8/c1-3-5-7-9-11-13-15-17-19-21-28(33)37-26-24-30(38-25-23-27(32)31(35)36)39-29(34)22-20-18-16-14-12-10-8-6-4-2/h30H,3-26H2,1-2H3,(H,35,36). The summed E-state index contributed by atoms with van der Waals surface area (Å²) in [5.41, 5.74) is 0. The first-order chi connectivity index (χ1) is 18.9. The van der Waals surface area contributed by atoms with Gasteiger partial charge in [0.2, 0.25) is 12.1 Å². The number of aliphatic carboxylic acids is 1. The summed E-state index contributed by atoms with van der Waals surface area (Å²) in [6, 6.07) is 0. The van der Waals surface area contributed by atoms with Crippen molar-refractivity contribution in [3.8, 4) is 0 Å². The number of ketones is 1. The molecule has 1 unspecified atom stereocenters. The molecule has 0 amide bonds. The Morgan fingerprint density at radius 1 is 0.564 bits per heavy atom. The number of carbonyl (C=O) groups is 4. The van der Waals surface area contributed by atoms with Crippen molar-refractivity contribution in [3.63, 3.8) is 0 Å². The summed E-state index contributed by atoms with van der Waals surface area (Å²) >= 11 is 0. The highest BCUT2D eigenvalue weighted by molar-refractivity contribution is 6.32. The summed E-state index contributed by atoms with van der Waals surface area (Å²) in [5, 5.41) is 8.72. The van der Waals surface area contributed by atoms with Gasteiger partial charge in [-0.3, -0.25) is 14.4 Å². The molecule has 0 spiro atoms. The van der Waals surface area contributed by atoms with Crippen LogP contribution in [0.4, 0.5) is 0 Å². The third kappa shape index (κ3) is 26.0. The molecule has 39 heavy (non-hydrogen) atoms. The third-order valence-electron chi connectivity index (χ3n) is 6.72. The Hall–Kier alpha value is -1.96. The van der Waals surface area contributed by atoms with Crippen molar-refractivity contribution < 1.29 is 38.5 Å². The number of Topliss-reactive ketones (excluding diaryl/α,β-unsaturated/α-hetero) is 1. The van der Waals surface area contributed by atoms with Crippen LogP contribution >= 0.6 is 0 Å². The number of carboxylic acid groups (broad SMARTS) is 1. The molecule has 0 bridgehead atoms. The van der Waals surface area contributed by atoms with Crippen molar-refractivity contribution in [3.05, 3.63) is 0 Å². The second-order valence-electron chi connectivity index (χ2n) is 10.4. The Labute approximate surface area is 236 Å². The fourth-order valence-electron chi connectivity index (χ4n) is 4.27. The van der Waals surface area contributed by atoms with E-state index in [2.05, 4.69) is 13.8 Å². The van der Waals surface area contributed by atoms with Gasteiger partial charge in [-0.2, -0.15) is 0 Å². The molecule has 8 nitrogen and oxygen atoms in total. The maximum Gasteiger partial charge on any atom is 0.372 e. The molecule has 1 N–H and O–H groups in total. The van der Waals surface area contributed by atoms with Crippen LogP contribution in [0, 0.1) is 0 Å². The van der Waals surface area contributed by atoms with Gasteiger partial charge in [0.25, 0.3) is 0 Å². The number of ether oxygens (including phenoxy) is 3. The van der Waals surface area contributed by atoms with Crippen LogP contribution in [0.25, 0.3) is 0 Å². The van der Waals surface area contributed by atoms with Gasteiger partial charge >= 0.3 is 17.9 Å². The van der Waals surface area contributed by atoms with Crippen molar-refractivity contribution in [2.45, 2.75) is 161 Å². The Bertz CT molecular complexity index is 634. The molecule has 0 aliphatic rings. The maximum atomic E-state index is 12.3. The molecule has 0 aromatic heterocycles. The molecule has 228 valence electrons. The number of unbranched alkanes of at least 4 members (excludes halogenated alkanes) is 16. The number of hydrogen-bond acceptors (Lipinski definition) is 7. The lowest BCUT2D eigenvalue weighted by Crippen LogP contribution is -2.26. The first-order valence-electron chi connectivity index (χ1n) is 15.6. The lowest BCUT2D eigenvalue weighted by molar-refractivity contribution is -0.183. The van der Waals surface area contributed by atoms with E-state index in [-0.39, 0.29) is 38.4 Å². The normalized spacial score (nSPS) is 11.7. The molecular formula is C31H56O8. The van der Waals surface area contributed by atoms with Crippen LogP contribution in [-0.4, -0.2) is 48.3 Å². The van der Waals surface area contributed by atoms with Gasteiger partial charge < -0.3 is 19.3 Å². The van der Waals surface area contributed by atoms with Crippen LogP contribution in [0.15, 0.2) is 0 Å². The summed E-state index contributed by atoms with van der Waals surface area (Å²) in [4.78, 5) is 46.4. The molecule has 0 aliphatic heterocycles. The van der Waals surface area contributed by atoms with Crippen molar-refractivity contribution >= 4 is 23.7 Å². The quantitative estimate of drug-likeness (QED) is 0.0431. The number of esters is 2. The van der Waals surface area contributed by atoms with E-state index < -0.39 is 24.0 Å². The maximum absolute atomic E-state index is 12.3. The van der Waals surface area contributed by atoms with E-state index in [4.69, 9.17) is 19.3 Å². The average molecular weight is 557 g/mol. The minimum absolute atomic E-state index is 0.0269. The summed E-state index contributed by atoms with van der Waals surface area (Å²) in [5.74, 6) is -3.20. The zero-order valence-electron chi connectivity index (χ0n) is 24.9. The minimum atomic E-state index is -1.53. The molecule has 0 heterocycles. The summed E-state index contributed by atoms with van der Waals surface area (Å²) < 4.78 is 16.1. The predicted octanol–water partition coefficient (Wildman–Crippen LogP) is 7.69. The molecule has 0 radical (unpaired) electrons. The first-order valence-corrected chi connectivity index (χ1v) is 15.6. The highest BCUT2D eigenvalue weighted by Crippen LogP contribution is 2.13. The highest BCUT2D eigenvalue weighted by Gasteiger charge is 2.18. The van der Waals surface area contributed by atoms with E-state index in [1.165, 1.54) is 77.0 Å². The van der Waals surface area contributed by atoms with Crippen LogP contribution in [0.3, 0.4) is 0 Å².